The van der Waals surface area contributed by atoms with Gasteiger partial charge in [-0.1, -0.05) is 18.2 Å². The maximum atomic E-state index is 11.1. The zero-order chi connectivity index (χ0) is 12.0. The van der Waals surface area contributed by atoms with E-state index in [1.54, 1.807) is 0 Å². The van der Waals surface area contributed by atoms with Crippen molar-refractivity contribution in [2.75, 3.05) is 30.2 Å². The lowest BCUT2D eigenvalue weighted by Gasteiger charge is -2.19. The first-order valence-electron chi connectivity index (χ1n) is 4.84. The highest BCUT2D eigenvalue weighted by Gasteiger charge is 2.07. The molecular weight excluding hydrogens is 248 g/mol. The Morgan fingerprint density at radius 1 is 1.31 bits per heavy atom. The molecule has 0 amide bonds. The summed E-state index contributed by atoms with van der Waals surface area (Å²) in [6.07, 6.45) is 0. The Morgan fingerprint density at radius 3 is 2.50 bits per heavy atom. The molecule has 0 aromatic heterocycles. The van der Waals surface area contributed by atoms with Gasteiger partial charge in [0.2, 0.25) is 10.0 Å². The summed E-state index contributed by atoms with van der Waals surface area (Å²) >= 11 is 5.26. The summed E-state index contributed by atoms with van der Waals surface area (Å²) in [6.45, 7) is 0.945. The minimum atomic E-state index is -3.31. The number of hydrogen-bond acceptors (Lipinski definition) is 3. The topological polar surface area (TPSA) is 49.4 Å². The van der Waals surface area contributed by atoms with E-state index in [2.05, 4.69) is 4.72 Å². The standard InChI is InChI=1S/C10H15ClN2O2S/c1-13(10-5-3-2-4-6-10)8-7-12-16(14,15)9-11/h2-6,12H,7-9H2,1H3. The molecule has 1 aromatic rings. The average molecular weight is 263 g/mol. The molecule has 16 heavy (non-hydrogen) atoms. The third-order valence-electron chi connectivity index (χ3n) is 2.11. The van der Waals surface area contributed by atoms with Gasteiger partial charge < -0.3 is 4.90 Å². The van der Waals surface area contributed by atoms with Crippen molar-refractivity contribution in [3.8, 4) is 0 Å². The molecule has 0 spiro atoms. The molecule has 1 rings (SSSR count). The molecule has 0 aliphatic carbocycles. The van der Waals surface area contributed by atoms with Gasteiger partial charge in [0.25, 0.3) is 0 Å². The Bertz CT molecular complexity index is 408. The van der Waals surface area contributed by atoms with Gasteiger partial charge in [-0.05, 0) is 12.1 Å². The quantitative estimate of drug-likeness (QED) is 0.785. The van der Waals surface area contributed by atoms with Crippen molar-refractivity contribution < 1.29 is 8.42 Å². The summed E-state index contributed by atoms with van der Waals surface area (Å²) in [7, 11) is -1.40. The molecule has 0 radical (unpaired) electrons. The predicted molar refractivity (Wildman–Crippen MR) is 67.4 cm³/mol. The first-order valence-corrected chi connectivity index (χ1v) is 7.03. The van der Waals surface area contributed by atoms with E-state index >= 15 is 0 Å². The maximum absolute atomic E-state index is 11.1. The number of sulfonamides is 1. The van der Waals surface area contributed by atoms with E-state index in [4.69, 9.17) is 11.6 Å². The van der Waals surface area contributed by atoms with E-state index in [9.17, 15) is 8.42 Å². The Morgan fingerprint density at radius 2 is 1.94 bits per heavy atom. The maximum Gasteiger partial charge on any atom is 0.225 e. The van der Waals surface area contributed by atoms with Gasteiger partial charge in [0.15, 0.2) is 0 Å². The van der Waals surface area contributed by atoms with Crippen LogP contribution in [0.3, 0.4) is 0 Å². The number of likely N-dealkylation sites (N-methyl/N-ethyl adjacent to an activating group) is 1. The van der Waals surface area contributed by atoms with Crippen LogP contribution < -0.4 is 9.62 Å². The van der Waals surface area contributed by atoms with Crippen molar-refractivity contribution in [3.63, 3.8) is 0 Å². The number of hydrogen-bond donors (Lipinski definition) is 1. The van der Waals surface area contributed by atoms with Crippen molar-refractivity contribution in [2.45, 2.75) is 0 Å². The van der Waals surface area contributed by atoms with Crippen LogP contribution in [0.1, 0.15) is 0 Å². The molecule has 0 heterocycles. The number of halogens is 1. The lowest BCUT2D eigenvalue weighted by atomic mass is 10.3. The van der Waals surface area contributed by atoms with Crippen molar-refractivity contribution in [2.24, 2.45) is 0 Å². The van der Waals surface area contributed by atoms with Crippen LogP contribution in [0.15, 0.2) is 30.3 Å². The first-order chi connectivity index (χ1) is 7.55. The fourth-order valence-corrected chi connectivity index (χ4v) is 1.93. The fraction of sp³-hybridized carbons (Fsp3) is 0.400. The third-order valence-corrected chi connectivity index (χ3v) is 3.90. The van der Waals surface area contributed by atoms with Gasteiger partial charge in [0.05, 0.1) is 0 Å². The number of nitrogens with zero attached hydrogens (tertiary/aromatic N) is 1. The number of alkyl halides is 1. The highest BCUT2D eigenvalue weighted by atomic mass is 35.5. The first kappa shape index (κ1) is 13.3. The molecule has 0 saturated carbocycles. The zero-order valence-corrected chi connectivity index (χ0v) is 10.6. The molecule has 0 aliphatic rings. The van der Waals surface area contributed by atoms with Crippen LogP contribution in [0.2, 0.25) is 0 Å². The molecule has 90 valence electrons. The van der Waals surface area contributed by atoms with E-state index in [0.29, 0.717) is 13.1 Å². The second kappa shape index (κ2) is 6.08. The molecule has 0 aliphatic heterocycles. The summed E-state index contributed by atoms with van der Waals surface area (Å²) in [5, 5.41) is -0.401. The number of benzene rings is 1. The Hall–Kier alpha value is -0.780. The van der Waals surface area contributed by atoms with E-state index in [-0.39, 0.29) is 0 Å². The van der Waals surface area contributed by atoms with Crippen LogP contribution in [-0.2, 0) is 10.0 Å². The fourth-order valence-electron chi connectivity index (χ4n) is 1.22. The normalized spacial score (nSPS) is 11.4. The van der Waals surface area contributed by atoms with Crippen LogP contribution >= 0.6 is 11.6 Å². The number of nitrogens with one attached hydrogen (secondary N) is 1. The van der Waals surface area contributed by atoms with Gasteiger partial charge in [-0.2, -0.15) is 0 Å². The van der Waals surface area contributed by atoms with E-state index < -0.39 is 15.2 Å². The van der Waals surface area contributed by atoms with Crippen molar-refractivity contribution >= 4 is 27.3 Å². The minimum absolute atomic E-state index is 0.348. The highest BCUT2D eigenvalue weighted by Crippen LogP contribution is 2.09. The van der Waals surface area contributed by atoms with Crippen LogP contribution in [-0.4, -0.2) is 33.8 Å². The molecule has 0 unspecified atom stereocenters. The summed E-state index contributed by atoms with van der Waals surface area (Å²) in [4.78, 5) is 1.97. The Labute approximate surface area is 101 Å². The molecule has 0 fully saturated rings. The Balaban J connectivity index is 2.40. The van der Waals surface area contributed by atoms with Crippen LogP contribution in [0.25, 0.3) is 0 Å². The molecule has 0 bridgehead atoms. The SMILES string of the molecule is CN(CCNS(=O)(=O)CCl)c1ccccc1. The van der Waals surface area contributed by atoms with E-state index in [1.165, 1.54) is 0 Å². The molecule has 1 N–H and O–H groups in total. The smallest absolute Gasteiger partial charge is 0.225 e. The lowest BCUT2D eigenvalue weighted by Crippen LogP contribution is -2.33. The van der Waals surface area contributed by atoms with E-state index in [0.717, 1.165) is 5.69 Å². The van der Waals surface area contributed by atoms with Gasteiger partial charge in [0, 0.05) is 25.8 Å². The van der Waals surface area contributed by atoms with E-state index in [1.807, 2.05) is 42.3 Å². The van der Waals surface area contributed by atoms with Gasteiger partial charge in [-0.25, -0.2) is 13.1 Å². The third kappa shape index (κ3) is 4.38. The van der Waals surface area contributed by atoms with Crippen molar-refractivity contribution in [3.05, 3.63) is 30.3 Å². The number of rotatable bonds is 6. The highest BCUT2D eigenvalue weighted by molar-refractivity contribution is 7.90. The lowest BCUT2D eigenvalue weighted by molar-refractivity contribution is 0.586. The monoisotopic (exact) mass is 262 g/mol. The molecule has 1 aromatic carbocycles. The second-order valence-corrected chi connectivity index (χ2v) is 5.77. The number of anilines is 1. The summed E-state index contributed by atoms with van der Waals surface area (Å²) in [5.74, 6) is 0. The van der Waals surface area contributed by atoms with Crippen molar-refractivity contribution in [1.82, 2.24) is 4.72 Å². The summed E-state index contributed by atoms with van der Waals surface area (Å²) in [6, 6.07) is 9.75. The van der Waals surface area contributed by atoms with Gasteiger partial charge in [-0.3, -0.25) is 0 Å². The van der Waals surface area contributed by atoms with Crippen LogP contribution in [0, 0.1) is 0 Å². The minimum Gasteiger partial charge on any atom is -0.373 e. The Kier molecular flexibility index (Phi) is 5.05. The van der Waals surface area contributed by atoms with Gasteiger partial charge >= 0.3 is 0 Å². The summed E-state index contributed by atoms with van der Waals surface area (Å²) < 4.78 is 24.5. The van der Waals surface area contributed by atoms with Crippen molar-refractivity contribution in [1.29, 1.82) is 0 Å². The van der Waals surface area contributed by atoms with Gasteiger partial charge in [-0.15, -0.1) is 11.6 Å². The largest absolute Gasteiger partial charge is 0.373 e. The molecule has 0 atom stereocenters. The number of para-hydroxylation sites is 1. The summed E-state index contributed by atoms with van der Waals surface area (Å²) in [5.41, 5.74) is 1.05. The molecule has 0 saturated heterocycles. The molecular formula is C10H15ClN2O2S. The second-order valence-electron chi connectivity index (χ2n) is 3.38. The predicted octanol–water partition coefficient (Wildman–Crippen LogP) is 1.24. The molecule has 4 nitrogen and oxygen atoms in total. The van der Waals surface area contributed by atoms with Gasteiger partial charge in [0.1, 0.15) is 5.21 Å². The van der Waals surface area contributed by atoms with Crippen LogP contribution in [0.5, 0.6) is 0 Å². The molecule has 6 heteroatoms. The average Bonchev–Trinajstić information content (AvgIpc) is 2.30. The van der Waals surface area contributed by atoms with Crippen LogP contribution in [0.4, 0.5) is 5.69 Å². The zero-order valence-electron chi connectivity index (χ0n) is 9.06.